The van der Waals surface area contributed by atoms with Crippen LogP contribution in [0, 0.1) is 5.41 Å². The van der Waals surface area contributed by atoms with E-state index in [0.29, 0.717) is 13.0 Å². The van der Waals surface area contributed by atoms with Gasteiger partial charge in [-0.25, -0.2) is 0 Å². The summed E-state index contributed by atoms with van der Waals surface area (Å²) < 4.78 is 0. The number of carboxylic acid groups (broad SMARTS) is 1. The highest BCUT2D eigenvalue weighted by Gasteiger charge is 2.44. The molecule has 23 heavy (non-hydrogen) atoms. The van der Waals surface area contributed by atoms with Crippen LogP contribution < -0.4 is 0 Å². The number of likely N-dealkylation sites (N-methyl/N-ethyl adjacent to an activating group) is 1. The lowest BCUT2D eigenvalue weighted by atomic mass is 9.90. The normalized spacial score (nSPS) is 22.3. The molecule has 1 aromatic carbocycles. The number of likely N-dealkylation sites (tertiary alicyclic amines) is 1. The van der Waals surface area contributed by atoms with Crippen molar-refractivity contribution in [3.05, 3.63) is 35.9 Å². The maximum Gasteiger partial charge on any atom is 0.311 e. The molecular weight excluding hydrogens is 292 g/mol. The molecule has 0 saturated carbocycles. The Bertz CT molecular complexity index is 557. The van der Waals surface area contributed by atoms with E-state index in [1.165, 1.54) is 0 Å². The summed E-state index contributed by atoms with van der Waals surface area (Å²) in [4.78, 5) is 28.4. The molecule has 0 spiro atoms. The summed E-state index contributed by atoms with van der Waals surface area (Å²) >= 11 is 0. The van der Waals surface area contributed by atoms with Crippen LogP contribution in [0.25, 0.3) is 0 Å². The average Bonchev–Trinajstić information content (AvgIpc) is 2.96. The summed E-state index contributed by atoms with van der Waals surface area (Å²) in [6, 6.07) is 9.39. The van der Waals surface area contributed by atoms with Crippen LogP contribution in [0.5, 0.6) is 0 Å². The first-order valence-electron chi connectivity index (χ1n) is 8.24. The Balaban J connectivity index is 2.26. The highest BCUT2D eigenvalue weighted by atomic mass is 16.4. The van der Waals surface area contributed by atoms with Gasteiger partial charge >= 0.3 is 5.97 Å². The van der Waals surface area contributed by atoms with Crippen molar-refractivity contribution in [2.45, 2.75) is 33.2 Å². The summed E-state index contributed by atoms with van der Waals surface area (Å²) in [7, 11) is 0. The maximum atomic E-state index is 13.1. The SMILES string of the molecule is CCN(CC)C(C(=O)N1CCC(C)(C(=O)O)C1)c1ccccc1. The molecule has 1 aromatic rings. The Hall–Kier alpha value is -1.88. The highest BCUT2D eigenvalue weighted by molar-refractivity contribution is 5.85. The number of carbonyl (C=O) groups is 2. The van der Waals surface area contributed by atoms with E-state index in [0.717, 1.165) is 18.7 Å². The number of rotatable bonds is 6. The lowest BCUT2D eigenvalue weighted by molar-refractivity contribution is -0.147. The Kier molecular flexibility index (Phi) is 5.42. The number of nitrogens with zero attached hydrogens (tertiary/aromatic N) is 2. The van der Waals surface area contributed by atoms with E-state index < -0.39 is 11.4 Å². The van der Waals surface area contributed by atoms with Crippen LogP contribution in [-0.4, -0.2) is 53.0 Å². The number of hydrogen-bond acceptors (Lipinski definition) is 3. The molecule has 1 saturated heterocycles. The van der Waals surface area contributed by atoms with Crippen LogP contribution in [0.1, 0.15) is 38.8 Å². The van der Waals surface area contributed by atoms with Crippen molar-refractivity contribution in [3.63, 3.8) is 0 Å². The minimum absolute atomic E-state index is 0.00451. The van der Waals surface area contributed by atoms with Gasteiger partial charge in [-0.05, 0) is 32.0 Å². The van der Waals surface area contributed by atoms with Crippen LogP contribution in [0.4, 0.5) is 0 Å². The molecular formula is C18H26N2O3. The minimum Gasteiger partial charge on any atom is -0.481 e. The van der Waals surface area contributed by atoms with E-state index in [-0.39, 0.29) is 18.5 Å². The van der Waals surface area contributed by atoms with Crippen LogP contribution in [0.15, 0.2) is 30.3 Å². The van der Waals surface area contributed by atoms with E-state index in [1.807, 2.05) is 44.2 Å². The number of benzene rings is 1. The minimum atomic E-state index is -0.833. The Morgan fingerprint density at radius 3 is 2.35 bits per heavy atom. The quantitative estimate of drug-likeness (QED) is 0.875. The van der Waals surface area contributed by atoms with Crippen molar-refractivity contribution >= 4 is 11.9 Å². The topological polar surface area (TPSA) is 60.9 Å². The molecule has 2 atom stereocenters. The van der Waals surface area contributed by atoms with Crippen LogP contribution in [-0.2, 0) is 9.59 Å². The van der Waals surface area contributed by atoms with Gasteiger partial charge in [-0.2, -0.15) is 0 Å². The van der Waals surface area contributed by atoms with Crippen LogP contribution in [0.3, 0.4) is 0 Å². The van der Waals surface area contributed by atoms with Gasteiger partial charge in [-0.3, -0.25) is 14.5 Å². The van der Waals surface area contributed by atoms with Gasteiger partial charge in [0.25, 0.3) is 0 Å². The third-order valence-corrected chi connectivity index (χ3v) is 4.83. The number of carboxylic acids is 1. The Morgan fingerprint density at radius 1 is 1.26 bits per heavy atom. The fourth-order valence-corrected chi connectivity index (χ4v) is 3.23. The molecule has 126 valence electrons. The fraction of sp³-hybridized carbons (Fsp3) is 0.556. The van der Waals surface area contributed by atoms with E-state index >= 15 is 0 Å². The second-order valence-electron chi connectivity index (χ2n) is 6.41. The maximum absolute atomic E-state index is 13.1. The molecule has 5 nitrogen and oxygen atoms in total. The zero-order valence-electron chi connectivity index (χ0n) is 14.2. The van der Waals surface area contributed by atoms with Crippen molar-refractivity contribution in [3.8, 4) is 0 Å². The zero-order chi connectivity index (χ0) is 17.0. The third kappa shape index (κ3) is 3.55. The van der Waals surface area contributed by atoms with Crippen molar-refractivity contribution in [2.24, 2.45) is 5.41 Å². The molecule has 0 bridgehead atoms. The van der Waals surface area contributed by atoms with Gasteiger partial charge in [0, 0.05) is 13.1 Å². The molecule has 1 aliphatic rings. The monoisotopic (exact) mass is 318 g/mol. The Labute approximate surface area is 137 Å². The fourth-order valence-electron chi connectivity index (χ4n) is 3.23. The number of hydrogen-bond donors (Lipinski definition) is 1. The molecule has 2 unspecified atom stereocenters. The molecule has 1 amide bonds. The summed E-state index contributed by atoms with van der Waals surface area (Å²) in [6.07, 6.45) is 0.508. The molecule has 0 radical (unpaired) electrons. The highest BCUT2D eigenvalue weighted by Crippen LogP contribution is 2.33. The molecule has 0 aliphatic carbocycles. The lowest BCUT2D eigenvalue weighted by Crippen LogP contribution is -2.43. The smallest absolute Gasteiger partial charge is 0.311 e. The van der Waals surface area contributed by atoms with E-state index in [9.17, 15) is 14.7 Å². The number of aliphatic carboxylic acids is 1. The van der Waals surface area contributed by atoms with Gasteiger partial charge in [0.15, 0.2) is 0 Å². The number of amides is 1. The second-order valence-corrected chi connectivity index (χ2v) is 6.41. The van der Waals surface area contributed by atoms with E-state index in [2.05, 4.69) is 4.90 Å². The first-order valence-corrected chi connectivity index (χ1v) is 8.24. The molecule has 2 rings (SSSR count). The van der Waals surface area contributed by atoms with Crippen molar-refractivity contribution < 1.29 is 14.7 Å². The zero-order valence-corrected chi connectivity index (χ0v) is 14.2. The number of carbonyl (C=O) groups excluding carboxylic acids is 1. The van der Waals surface area contributed by atoms with Gasteiger partial charge in [-0.15, -0.1) is 0 Å². The molecule has 1 fully saturated rings. The average molecular weight is 318 g/mol. The van der Waals surface area contributed by atoms with Crippen LogP contribution >= 0.6 is 0 Å². The summed E-state index contributed by atoms with van der Waals surface area (Å²) in [5.74, 6) is -0.822. The summed E-state index contributed by atoms with van der Waals surface area (Å²) in [5.41, 5.74) is 0.130. The molecule has 1 N–H and O–H groups in total. The summed E-state index contributed by atoms with van der Waals surface area (Å²) in [5, 5.41) is 9.38. The van der Waals surface area contributed by atoms with E-state index in [4.69, 9.17) is 0 Å². The first-order chi connectivity index (χ1) is 10.9. The molecule has 1 aliphatic heterocycles. The molecule has 0 aromatic heterocycles. The van der Waals surface area contributed by atoms with Gasteiger partial charge in [0.1, 0.15) is 6.04 Å². The lowest BCUT2D eigenvalue weighted by Gasteiger charge is -2.32. The first kappa shape index (κ1) is 17.5. The third-order valence-electron chi connectivity index (χ3n) is 4.83. The molecule has 1 heterocycles. The van der Waals surface area contributed by atoms with Gasteiger partial charge in [0.05, 0.1) is 5.41 Å². The van der Waals surface area contributed by atoms with Gasteiger partial charge < -0.3 is 10.0 Å². The van der Waals surface area contributed by atoms with Crippen molar-refractivity contribution in [1.82, 2.24) is 9.80 Å². The Morgan fingerprint density at radius 2 is 1.87 bits per heavy atom. The molecule has 5 heteroatoms. The van der Waals surface area contributed by atoms with Crippen molar-refractivity contribution in [2.75, 3.05) is 26.2 Å². The standard InChI is InChI=1S/C18H26N2O3/c1-4-19(5-2)15(14-9-7-6-8-10-14)16(21)20-12-11-18(3,13-20)17(22)23/h6-10,15H,4-5,11-13H2,1-3H3,(H,22,23). The second kappa shape index (κ2) is 7.13. The van der Waals surface area contributed by atoms with Crippen LogP contribution in [0.2, 0.25) is 0 Å². The predicted molar refractivity (Wildman–Crippen MR) is 89.0 cm³/mol. The van der Waals surface area contributed by atoms with Gasteiger partial charge in [-0.1, -0.05) is 44.2 Å². The summed E-state index contributed by atoms with van der Waals surface area (Å²) in [6.45, 7) is 8.13. The van der Waals surface area contributed by atoms with Crippen molar-refractivity contribution in [1.29, 1.82) is 0 Å². The largest absolute Gasteiger partial charge is 0.481 e. The predicted octanol–water partition coefficient (Wildman–Crippen LogP) is 2.39. The van der Waals surface area contributed by atoms with Gasteiger partial charge in [0.2, 0.25) is 5.91 Å². The van der Waals surface area contributed by atoms with E-state index in [1.54, 1.807) is 11.8 Å².